The summed E-state index contributed by atoms with van der Waals surface area (Å²) in [6, 6.07) is -0.734. The van der Waals surface area contributed by atoms with Crippen LogP contribution in [-0.2, 0) is 28.6 Å². The van der Waals surface area contributed by atoms with Gasteiger partial charge in [0.25, 0.3) is 0 Å². The van der Waals surface area contributed by atoms with E-state index in [2.05, 4.69) is 38.2 Å². The fraction of sp³-hybridized carbons (Fsp3) is 0.667. The molecule has 0 N–H and O–H groups in total. The van der Waals surface area contributed by atoms with Crippen molar-refractivity contribution in [3.8, 4) is 0 Å². The first-order valence-electron chi connectivity index (χ1n) is 17.9. The topological polar surface area (TPSA) is 102 Å². The number of hydrogen-bond acceptors (Lipinski definition) is 7. The Morgan fingerprint density at radius 2 is 1.26 bits per heavy atom. The molecule has 8 nitrogen and oxygen atoms in total. The zero-order chi connectivity index (χ0) is 35.0. The van der Waals surface area contributed by atoms with Gasteiger partial charge in [-0.2, -0.15) is 0 Å². The summed E-state index contributed by atoms with van der Waals surface area (Å²) >= 11 is 0. The molecule has 0 saturated heterocycles. The molecule has 0 amide bonds. The molecule has 0 aliphatic carbocycles. The van der Waals surface area contributed by atoms with Gasteiger partial charge in [-0.3, -0.25) is 9.59 Å². The minimum Gasteiger partial charge on any atom is -0.544 e. The van der Waals surface area contributed by atoms with Crippen LogP contribution in [0, 0.1) is 0 Å². The van der Waals surface area contributed by atoms with Crippen LogP contribution in [0.4, 0.5) is 0 Å². The zero-order valence-corrected chi connectivity index (χ0v) is 30.2. The summed E-state index contributed by atoms with van der Waals surface area (Å²) in [6.45, 7) is 4.37. The van der Waals surface area contributed by atoms with Crippen molar-refractivity contribution >= 4 is 17.9 Å². The molecule has 0 aromatic heterocycles. The molecule has 0 fully saturated rings. The second kappa shape index (κ2) is 30.4. The highest BCUT2D eigenvalue weighted by atomic mass is 16.6. The molecule has 0 bridgehead atoms. The van der Waals surface area contributed by atoms with Crippen LogP contribution in [-0.4, -0.2) is 75.5 Å². The Kier molecular flexibility index (Phi) is 28.4. The van der Waals surface area contributed by atoms with Crippen molar-refractivity contribution in [3.05, 3.63) is 60.8 Å². The van der Waals surface area contributed by atoms with E-state index in [-0.39, 0.29) is 49.1 Å². The third-order valence-corrected chi connectivity index (χ3v) is 7.50. The molecule has 2 atom stereocenters. The van der Waals surface area contributed by atoms with Gasteiger partial charge in [-0.25, -0.2) is 0 Å². The first-order chi connectivity index (χ1) is 22.6. The predicted molar refractivity (Wildman–Crippen MR) is 189 cm³/mol. The van der Waals surface area contributed by atoms with Crippen molar-refractivity contribution in [2.45, 2.75) is 129 Å². The van der Waals surface area contributed by atoms with Crippen LogP contribution in [0.1, 0.15) is 117 Å². The summed E-state index contributed by atoms with van der Waals surface area (Å²) < 4.78 is 16.9. The van der Waals surface area contributed by atoms with E-state index in [0.717, 1.165) is 57.8 Å². The molecule has 0 rings (SSSR count). The van der Waals surface area contributed by atoms with Gasteiger partial charge in [0.1, 0.15) is 12.6 Å². The number of allylic oxidation sites excluding steroid dienone is 10. The summed E-state index contributed by atoms with van der Waals surface area (Å²) in [5.41, 5.74) is 0. The van der Waals surface area contributed by atoms with Crippen molar-refractivity contribution < 1.29 is 38.2 Å². The number of carboxylic acids is 1. The number of carboxylic acid groups (broad SMARTS) is 1. The van der Waals surface area contributed by atoms with Gasteiger partial charge in [-0.1, -0.05) is 113 Å². The number of unbranched alkanes of at least 4 members (excludes halogenated alkanes) is 9. The lowest BCUT2D eigenvalue weighted by molar-refractivity contribution is -0.889. The molecular formula is C39H65NO7. The van der Waals surface area contributed by atoms with Crippen LogP contribution in [0.2, 0.25) is 0 Å². The number of rotatable bonds is 30. The Hall–Kier alpha value is -2.97. The highest BCUT2D eigenvalue weighted by molar-refractivity contribution is 5.70. The van der Waals surface area contributed by atoms with Crippen molar-refractivity contribution in [2.75, 3.05) is 41.0 Å². The van der Waals surface area contributed by atoms with Crippen molar-refractivity contribution in [3.63, 3.8) is 0 Å². The van der Waals surface area contributed by atoms with Crippen LogP contribution in [0.3, 0.4) is 0 Å². The molecule has 0 saturated carbocycles. The standard InChI is InChI=1S/C39H65NO7/c1-6-8-10-12-14-16-17-18-19-20-21-22-24-25-27-29-37(41)46-34-35(33-45-32-31-36(39(43)44)40(3,4)5)47-38(42)30-28-26-23-15-13-11-9-7-2/h8,10,12,14,16-19,23,26,35-36H,6-7,9,11,13,15,20-22,24-25,27-34H2,1-5H3/b10-8+,14-12+,17-16+,19-18+,26-23+. The Bertz CT molecular complexity index is 959. The Morgan fingerprint density at radius 1 is 0.660 bits per heavy atom. The van der Waals surface area contributed by atoms with Gasteiger partial charge in [-0.15, -0.1) is 0 Å². The summed E-state index contributed by atoms with van der Waals surface area (Å²) in [5, 5.41) is 11.5. The maximum absolute atomic E-state index is 12.5. The normalized spacial score (nSPS) is 13.8. The summed E-state index contributed by atoms with van der Waals surface area (Å²) in [7, 11) is 5.36. The first-order valence-corrected chi connectivity index (χ1v) is 17.9. The van der Waals surface area contributed by atoms with E-state index in [1.807, 2.05) is 36.5 Å². The molecule has 0 aliphatic heterocycles. The van der Waals surface area contributed by atoms with E-state index in [9.17, 15) is 19.5 Å². The Balaban J connectivity index is 4.50. The van der Waals surface area contributed by atoms with E-state index in [0.29, 0.717) is 12.8 Å². The molecule has 0 radical (unpaired) electrons. The van der Waals surface area contributed by atoms with E-state index in [4.69, 9.17) is 14.2 Å². The van der Waals surface area contributed by atoms with Crippen LogP contribution in [0.15, 0.2) is 60.8 Å². The fourth-order valence-electron chi connectivity index (χ4n) is 4.68. The summed E-state index contributed by atoms with van der Waals surface area (Å²) in [4.78, 5) is 36.4. The van der Waals surface area contributed by atoms with Crippen LogP contribution in [0.25, 0.3) is 0 Å². The van der Waals surface area contributed by atoms with E-state index in [1.165, 1.54) is 19.3 Å². The lowest BCUT2D eigenvalue weighted by Crippen LogP contribution is -2.55. The van der Waals surface area contributed by atoms with E-state index < -0.39 is 18.1 Å². The number of carbonyl (C=O) groups excluding carboxylic acids is 3. The lowest BCUT2D eigenvalue weighted by atomic mass is 10.1. The zero-order valence-electron chi connectivity index (χ0n) is 30.2. The third kappa shape index (κ3) is 28.9. The van der Waals surface area contributed by atoms with Gasteiger partial charge in [0.15, 0.2) is 6.10 Å². The highest BCUT2D eigenvalue weighted by Crippen LogP contribution is 2.11. The molecule has 0 aromatic rings. The van der Waals surface area contributed by atoms with Crippen LogP contribution < -0.4 is 5.11 Å². The van der Waals surface area contributed by atoms with Crippen molar-refractivity contribution in [1.29, 1.82) is 0 Å². The molecule has 47 heavy (non-hydrogen) atoms. The molecule has 8 heteroatoms. The monoisotopic (exact) mass is 659 g/mol. The SMILES string of the molecule is CC/C=C/C=C/C=C/C=C/CCCCCCCC(=O)OCC(COCCC(C(=O)[O-])[N+](C)(C)C)OC(=O)CC/C=C/CCCCCC. The first kappa shape index (κ1) is 44.0. The molecule has 0 heterocycles. The number of esters is 2. The minimum absolute atomic E-state index is 0.0143. The van der Waals surface area contributed by atoms with Crippen molar-refractivity contribution in [1.82, 2.24) is 0 Å². The molecule has 0 spiro atoms. The van der Waals surface area contributed by atoms with E-state index in [1.54, 1.807) is 21.1 Å². The lowest BCUT2D eigenvalue weighted by Gasteiger charge is -2.34. The van der Waals surface area contributed by atoms with Gasteiger partial charge in [0.2, 0.25) is 0 Å². The van der Waals surface area contributed by atoms with Crippen molar-refractivity contribution in [2.24, 2.45) is 0 Å². The quantitative estimate of drug-likeness (QED) is 0.0261. The third-order valence-electron chi connectivity index (χ3n) is 7.50. The maximum Gasteiger partial charge on any atom is 0.306 e. The fourth-order valence-corrected chi connectivity index (χ4v) is 4.68. The highest BCUT2D eigenvalue weighted by Gasteiger charge is 2.25. The van der Waals surface area contributed by atoms with Gasteiger partial charge >= 0.3 is 11.9 Å². The molecular weight excluding hydrogens is 594 g/mol. The van der Waals surface area contributed by atoms with E-state index >= 15 is 0 Å². The number of aliphatic carboxylic acids is 1. The second-order valence-corrected chi connectivity index (χ2v) is 12.8. The molecule has 268 valence electrons. The number of ether oxygens (including phenoxy) is 3. The second-order valence-electron chi connectivity index (χ2n) is 12.8. The maximum atomic E-state index is 12.5. The van der Waals surface area contributed by atoms with Gasteiger partial charge in [0, 0.05) is 19.3 Å². The smallest absolute Gasteiger partial charge is 0.306 e. The van der Waals surface area contributed by atoms with Gasteiger partial charge in [0.05, 0.1) is 40.3 Å². The average Bonchev–Trinajstić information content (AvgIpc) is 3.01. The number of hydrogen-bond donors (Lipinski definition) is 0. The molecule has 0 aliphatic rings. The number of carbonyl (C=O) groups is 3. The van der Waals surface area contributed by atoms with Gasteiger partial charge < -0.3 is 28.6 Å². The summed E-state index contributed by atoms with van der Waals surface area (Å²) in [6.07, 6.45) is 34.1. The summed E-state index contributed by atoms with van der Waals surface area (Å²) in [5.74, 6) is -1.85. The number of quaternary nitrogens is 1. The number of likely N-dealkylation sites (N-methyl/N-ethyl adjacent to an activating group) is 1. The van der Waals surface area contributed by atoms with Gasteiger partial charge in [-0.05, 0) is 44.9 Å². The molecule has 2 unspecified atom stereocenters. The number of nitrogens with zero attached hydrogens (tertiary/aromatic N) is 1. The van der Waals surface area contributed by atoms with Crippen LogP contribution >= 0.6 is 0 Å². The average molecular weight is 660 g/mol. The van der Waals surface area contributed by atoms with Crippen LogP contribution in [0.5, 0.6) is 0 Å². The largest absolute Gasteiger partial charge is 0.544 e. The Morgan fingerprint density at radius 3 is 1.91 bits per heavy atom. The molecule has 0 aromatic carbocycles. The predicted octanol–water partition coefficient (Wildman–Crippen LogP) is 7.35. The Labute approximate surface area is 286 Å². The minimum atomic E-state index is -1.14.